The maximum Gasteiger partial charge on any atom is 0.0131 e. The molecular formula is C12H19NS. The van der Waals surface area contributed by atoms with Gasteiger partial charge in [0.05, 0.1) is 0 Å². The summed E-state index contributed by atoms with van der Waals surface area (Å²) < 4.78 is 0. The van der Waals surface area contributed by atoms with Gasteiger partial charge in [0.25, 0.3) is 0 Å². The normalized spacial score (nSPS) is 36.8. The van der Waals surface area contributed by atoms with E-state index in [0.717, 1.165) is 30.3 Å². The number of hydrogen-bond donors (Lipinski definition) is 1. The minimum absolute atomic E-state index is 0.729. The summed E-state index contributed by atoms with van der Waals surface area (Å²) in [4.78, 5) is 1.57. The van der Waals surface area contributed by atoms with Crippen LogP contribution < -0.4 is 5.32 Å². The monoisotopic (exact) mass is 209 g/mol. The molecular weight excluding hydrogens is 190 g/mol. The van der Waals surface area contributed by atoms with Crippen molar-refractivity contribution in [1.29, 1.82) is 0 Å². The Labute approximate surface area is 90.5 Å². The first-order valence-electron chi connectivity index (χ1n) is 5.52. The van der Waals surface area contributed by atoms with Crippen molar-refractivity contribution in [3.05, 3.63) is 22.4 Å². The van der Waals surface area contributed by atoms with E-state index in [1.807, 2.05) is 11.3 Å². The third-order valence-electron chi connectivity index (χ3n) is 3.58. The Kier molecular flexibility index (Phi) is 2.93. The van der Waals surface area contributed by atoms with Crippen LogP contribution in [-0.4, -0.2) is 12.6 Å². The predicted molar refractivity (Wildman–Crippen MR) is 62.9 cm³/mol. The second-order valence-corrected chi connectivity index (χ2v) is 5.32. The molecule has 2 unspecified atom stereocenters. The Morgan fingerprint density at radius 2 is 2.07 bits per heavy atom. The third kappa shape index (κ3) is 1.51. The molecule has 2 heteroatoms. The molecule has 0 aliphatic heterocycles. The molecule has 78 valence electrons. The van der Waals surface area contributed by atoms with Crippen molar-refractivity contribution in [3.63, 3.8) is 0 Å². The average molecular weight is 209 g/mol. The molecule has 1 fully saturated rings. The summed E-state index contributed by atoms with van der Waals surface area (Å²) >= 11 is 1.91. The zero-order chi connectivity index (χ0) is 10.1. The van der Waals surface area contributed by atoms with Crippen molar-refractivity contribution in [3.8, 4) is 0 Å². The zero-order valence-electron chi connectivity index (χ0n) is 9.16. The van der Waals surface area contributed by atoms with E-state index in [9.17, 15) is 0 Å². The molecule has 14 heavy (non-hydrogen) atoms. The Hall–Kier alpha value is -0.340. The Balaban J connectivity index is 2.04. The highest BCUT2D eigenvalue weighted by molar-refractivity contribution is 7.10. The summed E-state index contributed by atoms with van der Waals surface area (Å²) in [6.07, 6.45) is 0. The van der Waals surface area contributed by atoms with Crippen LogP contribution in [0.15, 0.2) is 17.5 Å². The summed E-state index contributed by atoms with van der Waals surface area (Å²) in [5, 5.41) is 5.77. The largest absolute Gasteiger partial charge is 0.314 e. The molecule has 1 aromatic heterocycles. The van der Waals surface area contributed by atoms with Gasteiger partial charge in [0, 0.05) is 16.8 Å². The highest BCUT2D eigenvalue weighted by atomic mass is 32.1. The van der Waals surface area contributed by atoms with Gasteiger partial charge in [0.1, 0.15) is 0 Å². The lowest BCUT2D eigenvalue weighted by Crippen LogP contribution is -2.54. The van der Waals surface area contributed by atoms with Gasteiger partial charge in [-0.05, 0) is 29.8 Å². The zero-order valence-corrected chi connectivity index (χ0v) is 9.97. The van der Waals surface area contributed by atoms with Gasteiger partial charge in [-0.3, -0.25) is 0 Å². The molecule has 1 saturated carbocycles. The van der Waals surface area contributed by atoms with E-state index in [-0.39, 0.29) is 0 Å². The summed E-state index contributed by atoms with van der Waals surface area (Å²) in [5.41, 5.74) is 0. The lowest BCUT2D eigenvalue weighted by Gasteiger charge is -2.49. The molecule has 2 atom stereocenters. The second kappa shape index (κ2) is 4.03. The van der Waals surface area contributed by atoms with Crippen LogP contribution in [0.2, 0.25) is 0 Å². The molecule has 0 spiro atoms. The molecule has 2 rings (SSSR count). The molecule has 1 nitrogen and oxygen atoms in total. The Morgan fingerprint density at radius 1 is 1.36 bits per heavy atom. The van der Waals surface area contributed by atoms with E-state index in [2.05, 4.69) is 43.6 Å². The quantitative estimate of drug-likeness (QED) is 0.806. The maximum atomic E-state index is 3.58. The standard InChI is InChI=1S/C12H19NS/c1-4-13-12-8(2)11(9(12)3)10-6-5-7-14-10/h5-9,11-13H,4H2,1-3H3. The molecule has 0 amide bonds. The number of nitrogens with one attached hydrogen (secondary N) is 1. The van der Waals surface area contributed by atoms with Crippen molar-refractivity contribution >= 4 is 11.3 Å². The molecule has 0 bridgehead atoms. The van der Waals surface area contributed by atoms with Crippen LogP contribution in [-0.2, 0) is 0 Å². The Bertz CT molecular complexity index is 271. The smallest absolute Gasteiger partial charge is 0.0131 e. The number of rotatable bonds is 3. The maximum absolute atomic E-state index is 3.58. The van der Waals surface area contributed by atoms with E-state index in [1.54, 1.807) is 4.88 Å². The first-order valence-corrected chi connectivity index (χ1v) is 6.40. The highest BCUT2D eigenvalue weighted by Crippen LogP contribution is 2.48. The van der Waals surface area contributed by atoms with Crippen LogP contribution in [0.5, 0.6) is 0 Å². The van der Waals surface area contributed by atoms with Crippen LogP contribution >= 0.6 is 11.3 Å². The SMILES string of the molecule is CCNC1C(C)C(c2cccs2)C1C. The molecule has 1 heterocycles. The fourth-order valence-electron chi connectivity index (χ4n) is 2.87. The molecule has 1 aromatic rings. The van der Waals surface area contributed by atoms with Crippen LogP contribution in [0, 0.1) is 11.8 Å². The summed E-state index contributed by atoms with van der Waals surface area (Å²) in [5.74, 6) is 2.38. The van der Waals surface area contributed by atoms with Gasteiger partial charge < -0.3 is 5.32 Å². The van der Waals surface area contributed by atoms with Crippen LogP contribution in [0.25, 0.3) is 0 Å². The number of hydrogen-bond acceptors (Lipinski definition) is 2. The van der Waals surface area contributed by atoms with Crippen molar-refractivity contribution < 1.29 is 0 Å². The minimum Gasteiger partial charge on any atom is -0.314 e. The van der Waals surface area contributed by atoms with E-state index < -0.39 is 0 Å². The Morgan fingerprint density at radius 3 is 2.57 bits per heavy atom. The average Bonchev–Trinajstić information content (AvgIpc) is 2.68. The van der Waals surface area contributed by atoms with Gasteiger partial charge >= 0.3 is 0 Å². The van der Waals surface area contributed by atoms with Gasteiger partial charge in [-0.15, -0.1) is 11.3 Å². The molecule has 1 aliphatic carbocycles. The summed E-state index contributed by atoms with van der Waals surface area (Å²) in [7, 11) is 0. The van der Waals surface area contributed by atoms with Crippen molar-refractivity contribution in [2.24, 2.45) is 11.8 Å². The summed E-state index contributed by atoms with van der Waals surface area (Å²) in [6.45, 7) is 8.03. The number of thiophene rings is 1. The van der Waals surface area contributed by atoms with Crippen molar-refractivity contribution in [2.45, 2.75) is 32.7 Å². The van der Waals surface area contributed by atoms with Gasteiger partial charge in [0.15, 0.2) is 0 Å². The lowest BCUT2D eigenvalue weighted by atomic mass is 9.61. The molecule has 1 aliphatic rings. The molecule has 0 aromatic carbocycles. The van der Waals surface area contributed by atoms with Gasteiger partial charge in [-0.25, -0.2) is 0 Å². The highest BCUT2D eigenvalue weighted by Gasteiger charge is 2.45. The summed E-state index contributed by atoms with van der Waals surface area (Å²) in [6, 6.07) is 5.18. The fourth-order valence-corrected chi connectivity index (χ4v) is 3.92. The predicted octanol–water partition coefficient (Wildman–Crippen LogP) is 3.10. The van der Waals surface area contributed by atoms with Gasteiger partial charge in [-0.2, -0.15) is 0 Å². The fraction of sp³-hybridized carbons (Fsp3) is 0.667. The molecule has 0 radical (unpaired) electrons. The van der Waals surface area contributed by atoms with Crippen molar-refractivity contribution in [1.82, 2.24) is 5.32 Å². The molecule has 1 N–H and O–H groups in total. The van der Waals surface area contributed by atoms with E-state index >= 15 is 0 Å². The van der Waals surface area contributed by atoms with E-state index in [4.69, 9.17) is 0 Å². The van der Waals surface area contributed by atoms with Crippen LogP contribution in [0.3, 0.4) is 0 Å². The van der Waals surface area contributed by atoms with Crippen LogP contribution in [0.1, 0.15) is 31.6 Å². The first-order chi connectivity index (χ1) is 6.75. The van der Waals surface area contributed by atoms with Crippen molar-refractivity contribution in [2.75, 3.05) is 6.54 Å². The minimum atomic E-state index is 0.729. The third-order valence-corrected chi connectivity index (χ3v) is 4.55. The van der Waals surface area contributed by atoms with Gasteiger partial charge in [0.2, 0.25) is 0 Å². The second-order valence-electron chi connectivity index (χ2n) is 4.34. The van der Waals surface area contributed by atoms with E-state index in [1.165, 1.54) is 0 Å². The molecule has 0 saturated heterocycles. The van der Waals surface area contributed by atoms with Crippen LogP contribution in [0.4, 0.5) is 0 Å². The van der Waals surface area contributed by atoms with Gasteiger partial charge in [-0.1, -0.05) is 26.8 Å². The lowest BCUT2D eigenvalue weighted by molar-refractivity contribution is 0.101. The van der Waals surface area contributed by atoms with E-state index in [0.29, 0.717) is 0 Å². The first kappa shape index (κ1) is 10.2. The topological polar surface area (TPSA) is 12.0 Å².